The van der Waals surface area contributed by atoms with E-state index in [4.69, 9.17) is 0 Å². The summed E-state index contributed by atoms with van der Waals surface area (Å²) in [5, 5.41) is 3.06. The van der Waals surface area contributed by atoms with Crippen molar-refractivity contribution in [1.82, 2.24) is 9.88 Å². The minimum Gasteiger partial charge on any atom is -0.354 e. The molecule has 0 bridgehead atoms. The van der Waals surface area contributed by atoms with Gasteiger partial charge in [-0.3, -0.25) is 4.79 Å². The molecule has 1 amide bonds. The minimum absolute atomic E-state index is 0.000550. The summed E-state index contributed by atoms with van der Waals surface area (Å²) in [7, 11) is -1.45. The summed E-state index contributed by atoms with van der Waals surface area (Å²) in [6, 6.07) is 8.86. The van der Waals surface area contributed by atoms with Gasteiger partial charge in [0, 0.05) is 18.8 Å². The number of anilines is 2. The molecule has 1 fully saturated rings. The lowest BCUT2D eigenvalue weighted by atomic mass is 10.2. The Morgan fingerprint density at radius 3 is 2.44 bits per heavy atom. The highest BCUT2D eigenvalue weighted by molar-refractivity contribution is 7.91. The van der Waals surface area contributed by atoms with Crippen LogP contribution >= 0.6 is 0 Å². The Hall–Kier alpha value is -2.48. The molecule has 1 aliphatic rings. The lowest BCUT2D eigenvalue weighted by molar-refractivity contribution is 0.0742. The summed E-state index contributed by atoms with van der Waals surface area (Å²) >= 11 is 0. The predicted octanol–water partition coefficient (Wildman–Crippen LogP) is 2.22. The fourth-order valence-electron chi connectivity index (χ4n) is 2.72. The molecule has 1 N–H and O–H groups in total. The molecule has 1 atom stereocenters. The molecule has 0 aliphatic carbocycles. The molecule has 1 unspecified atom stereocenters. The van der Waals surface area contributed by atoms with Crippen molar-refractivity contribution in [2.24, 2.45) is 0 Å². The van der Waals surface area contributed by atoms with Crippen molar-refractivity contribution in [3.63, 3.8) is 0 Å². The van der Waals surface area contributed by atoms with E-state index in [9.17, 15) is 17.6 Å². The maximum atomic E-state index is 12.9. The Bertz CT molecular complexity index is 867. The first kappa shape index (κ1) is 17.3. The van der Waals surface area contributed by atoms with Crippen LogP contribution in [0.15, 0.2) is 42.6 Å². The number of nitrogens with one attached hydrogen (secondary N) is 1. The fraction of sp³-hybridized carbons (Fsp3) is 0.294. The van der Waals surface area contributed by atoms with Gasteiger partial charge in [-0.05, 0) is 42.8 Å². The van der Waals surface area contributed by atoms with Gasteiger partial charge in [-0.15, -0.1) is 0 Å². The first-order chi connectivity index (χ1) is 11.8. The number of hydrogen-bond donors (Lipinski definition) is 1. The van der Waals surface area contributed by atoms with E-state index in [1.165, 1.54) is 23.2 Å². The van der Waals surface area contributed by atoms with Gasteiger partial charge in [-0.1, -0.05) is 0 Å². The first-order valence-corrected chi connectivity index (χ1v) is 9.62. The molecule has 2 heterocycles. The highest BCUT2D eigenvalue weighted by Gasteiger charge is 2.33. The number of sulfone groups is 1. The molecule has 132 valence electrons. The molecule has 2 aromatic rings. The van der Waals surface area contributed by atoms with Crippen LogP contribution in [0.5, 0.6) is 0 Å². The second-order valence-corrected chi connectivity index (χ2v) is 8.27. The lowest BCUT2D eigenvalue weighted by Gasteiger charge is -2.23. The van der Waals surface area contributed by atoms with Gasteiger partial charge in [-0.2, -0.15) is 0 Å². The second-order valence-electron chi connectivity index (χ2n) is 6.04. The number of amides is 1. The van der Waals surface area contributed by atoms with E-state index >= 15 is 0 Å². The average molecular weight is 363 g/mol. The molecule has 0 spiro atoms. The number of benzene rings is 1. The molecule has 1 aromatic carbocycles. The maximum absolute atomic E-state index is 12.9. The number of carbonyl (C=O) groups excluding carboxylic acids is 1. The average Bonchev–Trinajstić information content (AvgIpc) is 2.96. The Kier molecular flexibility index (Phi) is 4.71. The van der Waals surface area contributed by atoms with Crippen LogP contribution in [0.2, 0.25) is 0 Å². The number of pyridine rings is 1. The molecule has 0 radical (unpaired) electrons. The number of aromatic nitrogens is 1. The molecular formula is C17H18FN3O3S. The molecule has 8 heteroatoms. The standard InChI is InChI=1S/C17H18FN3O3S/c1-21(15-8-9-25(23,24)11-15)17(22)16-7-6-14(10-19-16)20-13-4-2-12(18)3-5-13/h2-7,10,15,20H,8-9,11H2,1H3. The van der Waals surface area contributed by atoms with Crippen LogP contribution < -0.4 is 5.32 Å². The molecule has 25 heavy (non-hydrogen) atoms. The minimum atomic E-state index is -3.05. The van der Waals surface area contributed by atoms with Crippen molar-refractivity contribution < 1.29 is 17.6 Å². The summed E-state index contributed by atoms with van der Waals surface area (Å²) in [5.41, 5.74) is 1.61. The number of rotatable bonds is 4. The van der Waals surface area contributed by atoms with E-state index in [0.29, 0.717) is 17.8 Å². The summed E-state index contributed by atoms with van der Waals surface area (Å²) in [4.78, 5) is 18.0. The Morgan fingerprint density at radius 1 is 1.20 bits per heavy atom. The Balaban J connectivity index is 1.67. The zero-order valence-corrected chi connectivity index (χ0v) is 14.5. The summed E-state index contributed by atoms with van der Waals surface area (Å²) in [6.07, 6.45) is 1.96. The molecule has 0 saturated carbocycles. The van der Waals surface area contributed by atoms with Crippen LogP contribution in [0.1, 0.15) is 16.9 Å². The van der Waals surface area contributed by atoms with Crippen molar-refractivity contribution in [3.05, 3.63) is 54.1 Å². The quantitative estimate of drug-likeness (QED) is 0.901. The van der Waals surface area contributed by atoms with E-state index in [2.05, 4.69) is 10.3 Å². The monoisotopic (exact) mass is 363 g/mol. The van der Waals surface area contributed by atoms with E-state index in [1.807, 2.05) is 0 Å². The van der Waals surface area contributed by atoms with Gasteiger partial charge >= 0.3 is 0 Å². The highest BCUT2D eigenvalue weighted by Crippen LogP contribution is 2.20. The molecule has 1 aromatic heterocycles. The SMILES string of the molecule is CN(C(=O)c1ccc(Nc2ccc(F)cc2)cn1)C1CCS(=O)(=O)C1. The lowest BCUT2D eigenvalue weighted by Crippen LogP contribution is -2.38. The van der Waals surface area contributed by atoms with Crippen LogP contribution in [0, 0.1) is 5.82 Å². The van der Waals surface area contributed by atoms with E-state index in [-0.39, 0.29) is 35.0 Å². The third kappa shape index (κ3) is 4.14. The first-order valence-electron chi connectivity index (χ1n) is 7.80. The van der Waals surface area contributed by atoms with E-state index in [1.54, 1.807) is 31.3 Å². The number of carbonyl (C=O) groups is 1. The topological polar surface area (TPSA) is 79.4 Å². The molecule has 6 nitrogen and oxygen atoms in total. The van der Waals surface area contributed by atoms with Crippen LogP contribution in [0.4, 0.5) is 15.8 Å². The van der Waals surface area contributed by atoms with Gasteiger partial charge < -0.3 is 10.2 Å². The van der Waals surface area contributed by atoms with Gasteiger partial charge in [0.05, 0.1) is 23.4 Å². The van der Waals surface area contributed by atoms with Crippen molar-refractivity contribution in [2.45, 2.75) is 12.5 Å². The molecule has 1 aliphatic heterocycles. The van der Waals surface area contributed by atoms with Crippen molar-refractivity contribution in [1.29, 1.82) is 0 Å². The summed E-state index contributed by atoms with van der Waals surface area (Å²) in [5.74, 6) is -0.514. The van der Waals surface area contributed by atoms with Gasteiger partial charge in [0.25, 0.3) is 5.91 Å². The number of halogens is 1. The third-order valence-electron chi connectivity index (χ3n) is 4.19. The van der Waals surface area contributed by atoms with Crippen LogP contribution in [0.3, 0.4) is 0 Å². The van der Waals surface area contributed by atoms with Gasteiger partial charge in [0.2, 0.25) is 0 Å². The predicted molar refractivity (Wildman–Crippen MR) is 93.1 cm³/mol. The third-order valence-corrected chi connectivity index (χ3v) is 5.94. The van der Waals surface area contributed by atoms with Crippen molar-refractivity contribution in [3.8, 4) is 0 Å². The normalized spacial score (nSPS) is 18.7. The van der Waals surface area contributed by atoms with Gasteiger partial charge in [-0.25, -0.2) is 17.8 Å². The summed E-state index contributed by atoms with van der Waals surface area (Å²) in [6.45, 7) is 0. The molecule has 1 saturated heterocycles. The largest absolute Gasteiger partial charge is 0.354 e. The Labute approximate surface area is 145 Å². The number of hydrogen-bond acceptors (Lipinski definition) is 5. The van der Waals surface area contributed by atoms with Crippen LogP contribution in [0.25, 0.3) is 0 Å². The number of nitrogens with zero attached hydrogens (tertiary/aromatic N) is 2. The maximum Gasteiger partial charge on any atom is 0.272 e. The molecule has 3 rings (SSSR count). The van der Waals surface area contributed by atoms with E-state index in [0.717, 1.165) is 0 Å². The molecular weight excluding hydrogens is 345 g/mol. The highest BCUT2D eigenvalue weighted by atomic mass is 32.2. The fourth-order valence-corrected chi connectivity index (χ4v) is 4.50. The van der Waals surface area contributed by atoms with Gasteiger partial charge in [0.1, 0.15) is 11.5 Å². The van der Waals surface area contributed by atoms with Gasteiger partial charge in [0.15, 0.2) is 9.84 Å². The summed E-state index contributed by atoms with van der Waals surface area (Å²) < 4.78 is 36.0. The van der Waals surface area contributed by atoms with Crippen LogP contribution in [-0.4, -0.2) is 48.8 Å². The van der Waals surface area contributed by atoms with Crippen molar-refractivity contribution >= 4 is 27.1 Å². The smallest absolute Gasteiger partial charge is 0.272 e. The van der Waals surface area contributed by atoms with E-state index < -0.39 is 9.84 Å². The second kappa shape index (κ2) is 6.79. The zero-order chi connectivity index (χ0) is 18.0. The van der Waals surface area contributed by atoms with Crippen LogP contribution in [-0.2, 0) is 9.84 Å². The zero-order valence-electron chi connectivity index (χ0n) is 13.6. The van der Waals surface area contributed by atoms with Crippen molar-refractivity contribution in [2.75, 3.05) is 23.9 Å². The Morgan fingerprint density at radius 2 is 1.88 bits per heavy atom.